The average molecular weight is 793 g/mol. The average Bonchev–Trinajstić information content (AvgIpc) is 3.17. The fraction of sp³-hybridized carbons (Fsp3) is 0.829. The van der Waals surface area contributed by atoms with Crippen LogP contribution in [0.15, 0.2) is 23.7 Å². The molecule has 0 unspecified atom stereocenters. The van der Waals surface area contributed by atoms with Crippen molar-refractivity contribution in [3.05, 3.63) is 23.7 Å². The SMILES string of the molecule is COC(=O)C1=CO[C@@H](O[C@@H]2O[C@H](C)[C@@H](O)[C@H](O)[C@H]2O)[C@@H]2[C@H](C)O[C@@H](O[C@@H]3[C@@H](O)[C@H](O[C@@H]4OC=C(C(=O)OC)[C@H]5C[C@H](OC)O[C@@H](C)[C@@H]45)O[C@H](CO)[C@H]3O)C[C@H]12. The Kier molecular flexibility index (Phi) is 13.4. The lowest BCUT2D eigenvalue weighted by Crippen LogP contribution is -2.63. The van der Waals surface area contributed by atoms with E-state index in [0.717, 1.165) is 6.26 Å². The number of aliphatic hydroxyl groups excluding tert-OH is 6. The van der Waals surface area contributed by atoms with Gasteiger partial charge in [0.1, 0.15) is 42.7 Å². The topological polar surface area (TPSA) is 266 Å². The Hall–Kier alpha value is -2.54. The normalized spacial score (nSPS) is 47.1. The quantitative estimate of drug-likeness (QED) is 0.129. The van der Waals surface area contributed by atoms with Crippen LogP contribution in [0.3, 0.4) is 0 Å². The Balaban J connectivity index is 1.19. The van der Waals surface area contributed by atoms with Crippen LogP contribution in [0.2, 0.25) is 0 Å². The molecule has 0 aliphatic carbocycles. The number of esters is 2. The number of methoxy groups -OCH3 is 3. The molecule has 0 bridgehead atoms. The van der Waals surface area contributed by atoms with Gasteiger partial charge in [0.05, 0.1) is 74.6 Å². The highest BCUT2D eigenvalue weighted by Crippen LogP contribution is 2.46. The first kappa shape index (κ1) is 42.1. The van der Waals surface area contributed by atoms with Gasteiger partial charge in [-0.05, 0) is 20.8 Å². The third-order valence-corrected chi connectivity index (χ3v) is 11.3. The molecular weight excluding hydrogens is 740 g/mol. The molecule has 0 amide bonds. The first-order valence-electron chi connectivity index (χ1n) is 18.2. The second-order valence-electron chi connectivity index (χ2n) is 14.5. The van der Waals surface area contributed by atoms with E-state index in [9.17, 15) is 40.2 Å². The van der Waals surface area contributed by atoms with E-state index in [1.54, 1.807) is 13.8 Å². The fourth-order valence-corrected chi connectivity index (χ4v) is 8.29. The maximum Gasteiger partial charge on any atom is 0.337 e. The number of carbonyl (C=O) groups is 2. The Morgan fingerprint density at radius 1 is 0.618 bits per heavy atom. The summed E-state index contributed by atoms with van der Waals surface area (Å²) in [6.07, 6.45) is -17.4. The zero-order valence-electron chi connectivity index (χ0n) is 31.2. The predicted octanol–water partition coefficient (Wildman–Crippen LogP) is -2.12. The number of fused-ring (bicyclic) bond motifs is 2. The molecule has 6 rings (SSSR count). The lowest BCUT2D eigenvalue weighted by Gasteiger charge is -2.50. The molecule has 312 valence electrons. The lowest BCUT2D eigenvalue weighted by molar-refractivity contribution is -0.375. The summed E-state index contributed by atoms with van der Waals surface area (Å²) in [5.41, 5.74) is 0.353. The number of ether oxygens (including phenoxy) is 12. The molecule has 0 spiro atoms. The highest BCUT2D eigenvalue weighted by Gasteiger charge is 2.55. The van der Waals surface area contributed by atoms with E-state index >= 15 is 0 Å². The predicted molar refractivity (Wildman–Crippen MR) is 176 cm³/mol. The third-order valence-electron chi connectivity index (χ3n) is 11.3. The maximum atomic E-state index is 12.9. The molecule has 20 heteroatoms. The van der Waals surface area contributed by atoms with Crippen molar-refractivity contribution in [1.29, 1.82) is 0 Å². The minimum atomic E-state index is -1.69. The maximum absolute atomic E-state index is 12.9. The smallest absolute Gasteiger partial charge is 0.337 e. The lowest BCUT2D eigenvalue weighted by atomic mass is 9.76. The van der Waals surface area contributed by atoms with Crippen LogP contribution in [-0.4, -0.2) is 169 Å². The summed E-state index contributed by atoms with van der Waals surface area (Å²) in [5, 5.41) is 64.1. The van der Waals surface area contributed by atoms with Gasteiger partial charge in [-0.25, -0.2) is 9.59 Å². The zero-order valence-corrected chi connectivity index (χ0v) is 31.2. The van der Waals surface area contributed by atoms with Crippen LogP contribution < -0.4 is 0 Å². The molecule has 6 heterocycles. The highest BCUT2D eigenvalue weighted by molar-refractivity contribution is 5.89. The van der Waals surface area contributed by atoms with E-state index in [4.69, 9.17) is 56.8 Å². The summed E-state index contributed by atoms with van der Waals surface area (Å²) in [6, 6.07) is 0. The number of carbonyl (C=O) groups excluding carboxylic acids is 2. The van der Waals surface area contributed by atoms with Gasteiger partial charge in [0, 0.05) is 31.8 Å². The van der Waals surface area contributed by atoms with Crippen LogP contribution in [0.25, 0.3) is 0 Å². The second-order valence-corrected chi connectivity index (χ2v) is 14.5. The van der Waals surface area contributed by atoms with Crippen LogP contribution >= 0.6 is 0 Å². The molecule has 0 radical (unpaired) electrons. The Morgan fingerprint density at radius 3 is 1.64 bits per heavy atom. The van der Waals surface area contributed by atoms with Crippen LogP contribution in [0.5, 0.6) is 0 Å². The van der Waals surface area contributed by atoms with Crippen molar-refractivity contribution >= 4 is 11.9 Å². The molecule has 20 nitrogen and oxygen atoms in total. The summed E-state index contributed by atoms with van der Waals surface area (Å²) in [6.45, 7) is 4.22. The van der Waals surface area contributed by atoms with Crippen molar-refractivity contribution in [2.45, 2.75) is 132 Å². The van der Waals surface area contributed by atoms with Crippen molar-refractivity contribution in [1.82, 2.24) is 0 Å². The standard InChI is InChI=1S/C35H52O20/c1-12-22-15(7-20(44-4)49-12)17(30(42)45-5)10-48-33(22)55-35-28(41)29(25(38)19(9-36)52-35)53-21-8-16-18(31(43)46-6)11-47-32(23(16)13(2)50-21)54-34-27(40)26(39)24(37)14(3)51-34/h10-16,19-29,32-41H,7-9H2,1-6H3/t12-,13-,14+,15+,16+,19+,20+,21-,22+,23+,24+,25+,26-,27+,28+,29-,32-,33-,34-,35-/m0/s1. The van der Waals surface area contributed by atoms with E-state index in [1.807, 2.05) is 0 Å². The molecular formula is C35H52O20. The van der Waals surface area contributed by atoms with Gasteiger partial charge in [-0.1, -0.05) is 0 Å². The molecule has 0 aromatic heterocycles. The molecule has 55 heavy (non-hydrogen) atoms. The molecule has 20 atom stereocenters. The van der Waals surface area contributed by atoms with Crippen molar-refractivity contribution in [2.24, 2.45) is 23.7 Å². The van der Waals surface area contributed by atoms with Gasteiger partial charge in [-0.15, -0.1) is 0 Å². The zero-order chi connectivity index (χ0) is 39.9. The summed E-state index contributed by atoms with van der Waals surface area (Å²) in [4.78, 5) is 25.6. The summed E-state index contributed by atoms with van der Waals surface area (Å²) in [5.74, 6) is -3.88. The Bertz CT molecular complexity index is 1410. The van der Waals surface area contributed by atoms with E-state index in [1.165, 1.54) is 34.5 Å². The first-order valence-corrected chi connectivity index (χ1v) is 18.2. The van der Waals surface area contributed by atoms with Crippen molar-refractivity contribution in [3.63, 3.8) is 0 Å². The minimum Gasteiger partial charge on any atom is -0.471 e. The summed E-state index contributed by atoms with van der Waals surface area (Å²) in [7, 11) is 3.93. The largest absolute Gasteiger partial charge is 0.471 e. The molecule has 6 aliphatic rings. The van der Waals surface area contributed by atoms with E-state index < -0.39 is 141 Å². The molecule has 6 aliphatic heterocycles. The van der Waals surface area contributed by atoms with E-state index in [2.05, 4.69) is 0 Å². The van der Waals surface area contributed by atoms with Crippen LogP contribution in [0.4, 0.5) is 0 Å². The second kappa shape index (κ2) is 17.5. The Morgan fingerprint density at radius 2 is 1.13 bits per heavy atom. The van der Waals surface area contributed by atoms with Gasteiger partial charge in [0.2, 0.25) is 12.6 Å². The van der Waals surface area contributed by atoms with E-state index in [-0.39, 0.29) is 24.0 Å². The Labute approximate surface area is 316 Å². The molecule has 4 saturated heterocycles. The summed E-state index contributed by atoms with van der Waals surface area (Å²) >= 11 is 0. The molecule has 4 fully saturated rings. The van der Waals surface area contributed by atoms with Crippen molar-refractivity contribution in [3.8, 4) is 0 Å². The highest BCUT2D eigenvalue weighted by atomic mass is 16.8. The van der Waals surface area contributed by atoms with Gasteiger partial charge in [-0.2, -0.15) is 0 Å². The summed E-state index contributed by atoms with van der Waals surface area (Å²) < 4.78 is 68.9. The van der Waals surface area contributed by atoms with Gasteiger partial charge in [0.25, 0.3) is 0 Å². The van der Waals surface area contributed by atoms with Gasteiger partial charge in [0.15, 0.2) is 25.2 Å². The van der Waals surface area contributed by atoms with E-state index in [0.29, 0.717) is 0 Å². The molecule has 0 saturated carbocycles. The van der Waals surface area contributed by atoms with Crippen LogP contribution in [0, 0.1) is 23.7 Å². The van der Waals surface area contributed by atoms with Gasteiger partial charge >= 0.3 is 11.9 Å². The molecule has 0 aromatic rings. The third kappa shape index (κ3) is 8.26. The monoisotopic (exact) mass is 792 g/mol. The minimum absolute atomic E-state index is 0.0524. The number of rotatable bonds is 10. The van der Waals surface area contributed by atoms with Crippen molar-refractivity contribution in [2.75, 3.05) is 27.9 Å². The number of hydrogen-bond acceptors (Lipinski definition) is 20. The van der Waals surface area contributed by atoms with Gasteiger partial charge in [-0.3, -0.25) is 0 Å². The van der Waals surface area contributed by atoms with Gasteiger partial charge < -0.3 is 87.5 Å². The number of hydrogen-bond donors (Lipinski definition) is 6. The van der Waals surface area contributed by atoms with Crippen LogP contribution in [-0.2, 0) is 66.4 Å². The number of aliphatic hydroxyl groups is 6. The molecule has 6 N–H and O–H groups in total. The van der Waals surface area contributed by atoms with Crippen molar-refractivity contribution < 1.29 is 97.1 Å². The van der Waals surface area contributed by atoms with Crippen LogP contribution in [0.1, 0.15) is 33.6 Å². The molecule has 0 aromatic carbocycles. The fourth-order valence-electron chi connectivity index (χ4n) is 8.29. The first-order chi connectivity index (χ1) is 26.2.